The van der Waals surface area contributed by atoms with Crippen LogP contribution in [0.4, 0.5) is 11.4 Å². The lowest BCUT2D eigenvalue weighted by molar-refractivity contribution is 0.100. The molecule has 1 aromatic carbocycles. The van der Waals surface area contributed by atoms with Crippen LogP contribution in [0.25, 0.3) is 0 Å². The maximum absolute atomic E-state index is 11.2. The Hall–Kier alpha value is -1.53. The Labute approximate surface area is 124 Å². The number of hydrogen-bond acceptors (Lipinski definition) is 4. The molecule has 19 heavy (non-hydrogen) atoms. The molecular weight excluding hydrogens is 326 g/mol. The van der Waals surface area contributed by atoms with Crippen molar-refractivity contribution in [2.24, 2.45) is 5.73 Å². The van der Waals surface area contributed by atoms with Crippen molar-refractivity contribution in [3.8, 4) is 0 Å². The van der Waals surface area contributed by atoms with Crippen LogP contribution in [0.2, 0.25) is 0 Å². The Bertz CT molecular complexity index is 612. The minimum atomic E-state index is -0.450. The fourth-order valence-electron chi connectivity index (χ4n) is 1.78. The molecule has 0 aliphatic carbocycles. The minimum Gasteiger partial charge on any atom is -0.397 e. The molecule has 6 heteroatoms. The summed E-state index contributed by atoms with van der Waals surface area (Å²) < 4.78 is 1.07. The number of carbonyl (C=O) groups excluding carboxylic acids is 1. The van der Waals surface area contributed by atoms with Gasteiger partial charge in [-0.15, -0.1) is 11.3 Å². The molecule has 4 nitrogen and oxygen atoms in total. The Morgan fingerprint density at radius 2 is 2.16 bits per heavy atom. The molecule has 2 aromatic rings. The Kier molecular flexibility index (Phi) is 4.11. The Morgan fingerprint density at radius 1 is 1.42 bits per heavy atom. The van der Waals surface area contributed by atoms with Gasteiger partial charge >= 0.3 is 0 Å². The number of thiophene rings is 1. The third kappa shape index (κ3) is 3.27. The number of amides is 1. The molecule has 0 bridgehead atoms. The second-order valence-corrected chi connectivity index (χ2v) is 6.14. The van der Waals surface area contributed by atoms with Crippen LogP contribution in [0.3, 0.4) is 0 Å². The van der Waals surface area contributed by atoms with Crippen molar-refractivity contribution in [3.63, 3.8) is 0 Å². The van der Waals surface area contributed by atoms with Crippen molar-refractivity contribution < 1.29 is 4.79 Å². The van der Waals surface area contributed by atoms with Crippen LogP contribution >= 0.6 is 27.3 Å². The van der Waals surface area contributed by atoms with Crippen LogP contribution < -0.4 is 16.4 Å². The van der Waals surface area contributed by atoms with Crippen LogP contribution in [0.1, 0.15) is 15.2 Å². The zero-order valence-corrected chi connectivity index (χ0v) is 12.8. The predicted molar refractivity (Wildman–Crippen MR) is 83.5 cm³/mol. The molecule has 0 spiro atoms. The SMILES string of the molecule is CN(Cc1cc(Br)cs1)c1cc(C(N)=O)ccc1N. The number of rotatable bonds is 4. The van der Waals surface area contributed by atoms with E-state index in [9.17, 15) is 4.79 Å². The molecule has 1 amide bonds. The van der Waals surface area contributed by atoms with Gasteiger partial charge in [0, 0.05) is 27.3 Å². The predicted octanol–water partition coefficient (Wildman–Crippen LogP) is 2.83. The van der Waals surface area contributed by atoms with Crippen LogP contribution in [-0.4, -0.2) is 13.0 Å². The highest BCUT2D eigenvalue weighted by molar-refractivity contribution is 9.10. The number of primary amides is 1. The highest BCUT2D eigenvalue weighted by Crippen LogP contribution is 2.27. The molecule has 4 N–H and O–H groups in total. The molecule has 1 heterocycles. The van der Waals surface area contributed by atoms with Crippen LogP contribution in [-0.2, 0) is 6.54 Å². The van der Waals surface area contributed by atoms with Crippen LogP contribution in [0.15, 0.2) is 34.1 Å². The van der Waals surface area contributed by atoms with Crippen molar-refractivity contribution in [2.75, 3.05) is 17.7 Å². The molecule has 0 saturated heterocycles. The molecule has 0 unspecified atom stereocenters. The first-order valence-corrected chi connectivity index (χ1v) is 7.28. The van der Waals surface area contributed by atoms with Gasteiger partial charge in [0.25, 0.3) is 0 Å². The second-order valence-electron chi connectivity index (χ2n) is 4.23. The minimum absolute atomic E-state index is 0.450. The normalized spacial score (nSPS) is 10.4. The van der Waals surface area contributed by atoms with Crippen molar-refractivity contribution >= 4 is 44.5 Å². The second kappa shape index (κ2) is 5.63. The van der Waals surface area contributed by atoms with E-state index < -0.39 is 5.91 Å². The summed E-state index contributed by atoms with van der Waals surface area (Å²) in [6, 6.07) is 7.13. The number of benzene rings is 1. The summed E-state index contributed by atoms with van der Waals surface area (Å²) in [5, 5.41) is 2.03. The standard InChI is InChI=1S/C13H14BrN3OS/c1-17(6-10-5-9(14)7-19-10)12-4-8(13(16)18)2-3-11(12)15/h2-5,7H,6,15H2,1H3,(H2,16,18). The number of carbonyl (C=O) groups is 1. The highest BCUT2D eigenvalue weighted by Gasteiger charge is 2.10. The van der Waals surface area contributed by atoms with Gasteiger partial charge in [0.1, 0.15) is 0 Å². The molecule has 0 saturated carbocycles. The lowest BCUT2D eigenvalue weighted by atomic mass is 10.1. The maximum Gasteiger partial charge on any atom is 0.248 e. The third-order valence-electron chi connectivity index (χ3n) is 2.74. The Morgan fingerprint density at radius 3 is 2.74 bits per heavy atom. The fraction of sp³-hybridized carbons (Fsp3) is 0.154. The van der Waals surface area contributed by atoms with Crippen LogP contribution in [0.5, 0.6) is 0 Å². The zero-order valence-electron chi connectivity index (χ0n) is 10.4. The van der Waals surface area contributed by atoms with Gasteiger partial charge in [0.15, 0.2) is 0 Å². The average Bonchev–Trinajstić information content (AvgIpc) is 2.74. The molecule has 0 aliphatic rings. The average molecular weight is 340 g/mol. The first-order valence-electron chi connectivity index (χ1n) is 5.60. The van der Waals surface area contributed by atoms with Crippen molar-refractivity contribution in [2.45, 2.75) is 6.54 Å². The van der Waals surface area contributed by atoms with E-state index in [0.717, 1.165) is 16.7 Å². The lowest BCUT2D eigenvalue weighted by Gasteiger charge is -2.21. The molecule has 0 atom stereocenters. The molecule has 100 valence electrons. The number of anilines is 2. The van der Waals surface area contributed by atoms with Gasteiger partial charge in [-0.1, -0.05) is 0 Å². The van der Waals surface area contributed by atoms with E-state index in [1.54, 1.807) is 29.5 Å². The van der Waals surface area contributed by atoms with E-state index in [1.807, 2.05) is 17.3 Å². The van der Waals surface area contributed by atoms with Crippen molar-refractivity contribution in [3.05, 3.63) is 44.6 Å². The van der Waals surface area contributed by atoms with Crippen LogP contribution in [0, 0.1) is 0 Å². The number of hydrogen-bond donors (Lipinski definition) is 2. The monoisotopic (exact) mass is 339 g/mol. The smallest absolute Gasteiger partial charge is 0.248 e. The van der Waals surface area contributed by atoms with Gasteiger partial charge in [-0.3, -0.25) is 4.79 Å². The van der Waals surface area contributed by atoms with E-state index in [4.69, 9.17) is 11.5 Å². The van der Waals surface area contributed by atoms with Gasteiger partial charge in [0.05, 0.1) is 17.9 Å². The first kappa shape index (κ1) is 13.9. The first-order chi connectivity index (χ1) is 8.97. The molecule has 0 radical (unpaired) electrons. The van der Waals surface area contributed by atoms with Crippen molar-refractivity contribution in [1.82, 2.24) is 0 Å². The fourth-order valence-corrected chi connectivity index (χ4v) is 3.29. The van der Waals surface area contributed by atoms with E-state index in [2.05, 4.69) is 22.0 Å². The molecule has 0 fully saturated rings. The highest BCUT2D eigenvalue weighted by atomic mass is 79.9. The van der Waals surface area contributed by atoms with E-state index >= 15 is 0 Å². The molecule has 2 rings (SSSR count). The van der Waals surface area contributed by atoms with Gasteiger partial charge in [0.2, 0.25) is 5.91 Å². The number of nitrogens with zero attached hydrogens (tertiary/aromatic N) is 1. The van der Waals surface area contributed by atoms with Gasteiger partial charge < -0.3 is 16.4 Å². The summed E-state index contributed by atoms with van der Waals surface area (Å²) in [4.78, 5) is 14.4. The summed E-state index contributed by atoms with van der Waals surface area (Å²) in [7, 11) is 1.93. The third-order valence-corrected chi connectivity index (χ3v) is 4.42. The molecule has 0 aliphatic heterocycles. The van der Waals surface area contributed by atoms with Gasteiger partial charge in [-0.05, 0) is 40.2 Å². The summed E-state index contributed by atoms with van der Waals surface area (Å²) >= 11 is 5.10. The van der Waals surface area contributed by atoms with Gasteiger partial charge in [-0.2, -0.15) is 0 Å². The number of nitrogen functional groups attached to an aromatic ring is 1. The Balaban J connectivity index is 2.25. The molecular formula is C13H14BrN3OS. The summed E-state index contributed by atoms with van der Waals surface area (Å²) in [6.07, 6.45) is 0. The largest absolute Gasteiger partial charge is 0.397 e. The number of halogens is 1. The van der Waals surface area contributed by atoms with Gasteiger partial charge in [-0.25, -0.2) is 0 Å². The maximum atomic E-state index is 11.2. The summed E-state index contributed by atoms with van der Waals surface area (Å²) in [6.45, 7) is 0.725. The quantitative estimate of drug-likeness (QED) is 0.841. The van der Waals surface area contributed by atoms with Crippen molar-refractivity contribution in [1.29, 1.82) is 0 Å². The summed E-state index contributed by atoms with van der Waals surface area (Å²) in [5.41, 5.74) is 13.1. The zero-order chi connectivity index (χ0) is 14.0. The van der Waals surface area contributed by atoms with E-state index in [1.165, 1.54) is 4.88 Å². The van der Waals surface area contributed by atoms with E-state index in [-0.39, 0.29) is 0 Å². The summed E-state index contributed by atoms with van der Waals surface area (Å²) in [5.74, 6) is -0.450. The molecule has 1 aromatic heterocycles. The van der Waals surface area contributed by atoms with E-state index in [0.29, 0.717) is 11.3 Å². The lowest BCUT2D eigenvalue weighted by Crippen LogP contribution is -2.19. The topological polar surface area (TPSA) is 72.3 Å². The number of nitrogens with two attached hydrogens (primary N) is 2.